The van der Waals surface area contributed by atoms with E-state index in [9.17, 15) is 19.2 Å². The molecule has 0 amide bonds. The van der Waals surface area contributed by atoms with Crippen molar-refractivity contribution < 1.29 is 19.2 Å². The first-order valence-electron chi connectivity index (χ1n) is 10.9. The third-order valence-electron chi connectivity index (χ3n) is 6.40. The Labute approximate surface area is 194 Å². The van der Waals surface area contributed by atoms with Gasteiger partial charge in [-0.2, -0.15) is 0 Å². The fourth-order valence-corrected chi connectivity index (χ4v) is 4.73. The monoisotopic (exact) mass is 440 g/mol. The molecule has 0 saturated heterocycles. The molecule has 0 aromatic heterocycles. The second kappa shape index (κ2) is 7.42. The molecule has 4 nitrogen and oxygen atoms in total. The minimum absolute atomic E-state index is 0.133. The molecule has 0 radical (unpaired) electrons. The van der Waals surface area contributed by atoms with E-state index < -0.39 is 0 Å². The van der Waals surface area contributed by atoms with Crippen LogP contribution in [-0.2, 0) is 0 Å². The van der Waals surface area contributed by atoms with Crippen LogP contribution in [0.2, 0.25) is 0 Å². The van der Waals surface area contributed by atoms with E-state index in [0.29, 0.717) is 22.3 Å². The van der Waals surface area contributed by atoms with Crippen molar-refractivity contribution in [3.8, 4) is 0 Å². The predicted molar refractivity (Wildman–Crippen MR) is 130 cm³/mol. The topological polar surface area (TPSA) is 68.3 Å². The molecule has 0 heterocycles. The minimum Gasteiger partial charge on any atom is -0.288 e. The average molecular weight is 440 g/mol. The molecule has 0 aliphatic heterocycles. The van der Waals surface area contributed by atoms with Gasteiger partial charge in [-0.1, -0.05) is 84.9 Å². The van der Waals surface area contributed by atoms with Crippen LogP contribution in [0.1, 0.15) is 52.6 Å². The Kier molecular flexibility index (Phi) is 4.36. The van der Waals surface area contributed by atoms with Crippen LogP contribution in [-0.4, -0.2) is 23.1 Å². The highest BCUT2D eigenvalue weighted by molar-refractivity contribution is 6.42. The molecule has 4 aromatic carbocycles. The lowest BCUT2D eigenvalue weighted by atomic mass is 9.96. The highest BCUT2D eigenvalue weighted by atomic mass is 16.2. The first kappa shape index (κ1) is 19.9. The molecule has 4 heteroatoms. The van der Waals surface area contributed by atoms with E-state index in [4.69, 9.17) is 0 Å². The van der Waals surface area contributed by atoms with Gasteiger partial charge in [0.15, 0.2) is 23.1 Å². The number of hydrogen-bond donors (Lipinski definition) is 0. The maximum absolute atomic E-state index is 12.9. The second-order valence-corrected chi connectivity index (χ2v) is 8.31. The third-order valence-corrected chi connectivity index (χ3v) is 6.40. The van der Waals surface area contributed by atoms with Crippen LogP contribution >= 0.6 is 0 Å². The molecule has 6 rings (SSSR count). The first-order chi connectivity index (χ1) is 16.5. The summed E-state index contributed by atoms with van der Waals surface area (Å²) in [6, 6.07) is 24.8. The van der Waals surface area contributed by atoms with E-state index in [1.165, 1.54) is 0 Å². The number of hydrogen-bond acceptors (Lipinski definition) is 4. The zero-order valence-electron chi connectivity index (χ0n) is 17.9. The Hall–Kier alpha value is -4.70. The third kappa shape index (κ3) is 2.86. The minimum atomic E-state index is -0.282. The van der Waals surface area contributed by atoms with Crippen LogP contribution in [0.25, 0.3) is 22.9 Å². The quantitative estimate of drug-likeness (QED) is 0.293. The lowest BCUT2D eigenvalue weighted by Gasteiger charge is -2.07. The Morgan fingerprint density at radius 2 is 0.706 bits per heavy atom. The normalized spacial score (nSPS) is 14.6. The molecular formula is C30H16O4. The highest BCUT2D eigenvalue weighted by Crippen LogP contribution is 2.33. The summed E-state index contributed by atoms with van der Waals surface area (Å²) in [5.41, 5.74) is 3.38. The summed E-state index contributed by atoms with van der Waals surface area (Å²) in [6.07, 6.45) is 3.26. The molecule has 0 atom stereocenters. The van der Waals surface area contributed by atoms with E-state index in [0.717, 1.165) is 21.9 Å². The number of benzene rings is 4. The van der Waals surface area contributed by atoms with Crippen LogP contribution in [0.5, 0.6) is 0 Å². The molecule has 0 spiro atoms. The number of rotatable bonds is 2. The van der Waals surface area contributed by atoms with Gasteiger partial charge in [0.25, 0.3) is 0 Å². The molecule has 0 unspecified atom stereocenters. The van der Waals surface area contributed by atoms with Gasteiger partial charge in [-0.3, -0.25) is 19.2 Å². The van der Waals surface area contributed by atoms with Crippen LogP contribution in [0, 0.1) is 0 Å². The van der Waals surface area contributed by atoms with Crippen molar-refractivity contribution in [2.45, 2.75) is 0 Å². The largest absolute Gasteiger partial charge is 0.288 e. The highest BCUT2D eigenvalue weighted by Gasteiger charge is 2.33. The maximum Gasteiger partial charge on any atom is 0.197 e. The van der Waals surface area contributed by atoms with Crippen molar-refractivity contribution in [3.05, 3.63) is 129 Å². The van der Waals surface area contributed by atoms with Crippen LogP contribution in [0.15, 0.2) is 96.1 Å². The summed E-state index contributed by atoms with van der Waals surface area (Å²) >= 11 is 0. The van der Waals surface area contributed by atoms with E-state index >= 15 is 0 Å². The van der Waals surface area contributed by atoms with Crippen LogP contribution in [0.4, 0.5) is 0 Å². The van der Waals surface area contributed by atoms with E-state index in [2.05, 4.69) is 0 Å². The second-order valence-electron chi connectivity index (χ2n) is 8.31. The van der Waals surface area contributed by atoms with Gasteiger partial charge in [0.2, 0.25) is 0 Å². The lowest BCUT2D eigenvalue weighted by Crippen LogP contribution is -2.01. The molecule has 0 bridgehead atoms. The molecule has 34 heavy (non-hydrogen) atoms. The standard InChI is InChI=1S/C30H16O4/c31-27-21-9-1-2-10-22(21)28(32)25(27)15-17-7-5-14-20-18(8-6-13-19(17)20)16-26-29(33)23-11-3-4-12-24(23)30(26)34/h1-16H. The van der Waals surface area contributed by atoms with Gasteiger partial charge in [0, 0.05) is 22.3 Å². The van der Waals surface area contributed by atoms with Crippen LogP contribution < -0.4 is 0 Å². The molecule has 0 N–H and O–H groups in total. The van der Waals surface area contributed by atoms with E-state index in [1.54, 1.807) is 60.7 Å². The van der Waals surface area contributed by atoms with Crippen molar-refractivity contribution in [1.82, 2.24) is 0 Å². The Bertz CT molecular complexity index is 1470. The fourth-order valence-electron chi connectivity index (χ4n) is 4.73. The van der Waals surface area contributed by atoms with E-state index in [1.807, 2.05) is 36.4 Å². The van der Waals surface area contributed by atoms with Crippen LogP contribution in [0.3, 0.4) is 0 Å². The smallest absolute Gasteiger partial charge is 0.197 e. The molecule has 0 saturated carbocycles. The van der Waals surface area contributed by atoms with Crippen molar-refractivity contribution >= 4 is 46.1 Å². The van der Waals surface area contributed by atoms with Gasteiger partial charge < -0.3 is 0 Å². The summed E-state index contributed by atoms with van der Waals surface area (Å²) in [7, 11) is 0. The summed E-state index contributed by atoms with van der Waals surface area (Å²) in [6.45, 7) is 0. The van der Waals surface area contributed by atoms with Gasteiger partial charge >= 0.3 is 0 Å². The number of Topliss-reactive ketones (excluding diaryl/α,β-unsaturated/α-hetero) is 4. The molecule has 2 aliphatic carbocycles. The van der Waals surface area contributed by atoms with Gasteiger partial charge in [0.05, 0.1) is 11.1 Å². The number of fused-ring (bicyclic) bond motifs is 3. The Morgan fingerprint density at radius 3 is 1.03 bits per heavy atom. The van der Waals surface area contributed by atoms with Crippen molar-refractivity contribution in [1.29, 1.82) is 0 Å². The predicted octanol–water partition coefficient (Wildman–Crippen LogP) is 5.77. The zero-order chi connectivity index (χ0) is 23.4. The van der Waals surface area contributed by atoms with Crippen molar-refractivity contribution in [3.63, 3.8) is 0 Å². The number of carbonyl (C=O) groups is 4. The summed E-state index contributed by atoms with van der Waals surface area (Å²) in [5, 5.41) is 1.63. The molecule has 2 aliphatic rings. The van der Waals surface area contributed by atoms with E-state index in [-0.39, 0.29) is 34.3 Å². The summed E-state index contributed by atoms with van der Waals surface area (Å²) in [4.78, 5) is 51.4. The van der Waals surface area contributed by atoms with Gasteiger partial charge in [0.1, 0.15) is 0 Å². The Balaban J connectivity index is 1.47. The molecular weight excluding hydrogens is 424 g/mol. The Morgan fingerprint density at radius 1 is 0.382 bits per heavy atom. The van der Waals surface area contributed by atoms with Gasteiger partial charge in [-0.05, 0) is 34.1 Å². The number of carbonyl (C=O) groups excluding carboxylic acids is 4. The summed E-state index contributed by atoms with van der Waals surface area (Å²) in [5.74, 6) is -1.13. The number of allylic oxidation sites excluding steroid dienone is 2. The van der Waals surface area contributed by atoms with Crippen molar-refractivity contribution in [2.24, 2.45) is 0 Å². The number of ketones is 4. The average Bonchev–Trinajstić information content (AvgIpc) is 3.25. The van der Waals surface area contributed by atoms with Gasteiger partial charge in [-0.15, -0.1) is 0 Å². The zero-order valence-corrected chi connectivity index (χ0v) is 17.9. The molecule has 4 aromatic rings. The first-order valence-corrected chi connectivity index (χ1v) is 10.9. The molecule has 160 valence electrons. The fraction of sp³-hybridized carbons (Fsp3) is 0. The van der Waals surface area contributed by atoms with Crippen molar-refractivity contribution in [2.75, 3.05) is 0 Å². The summed E-state index contributed by atoms with van der Waals surface area (Å²) < 4.78 is 0. The SMILES string of the molecule is O=C1C(=Cc2cccc3c(C=C4C(=O)c5ccccc5C4=O)cccc23)C(=O)c2ccccc21. The maximum atomic E-state index is 12.9. The molecule has 0 fully saturated rings. The van der Waals surface area contributed by atoms with Gasteiger partial charge in [-0.25, -0.2) is 0 Å². The lowest BCUT2D eigenvalue weighted by molar-refractivity contribution is 0.0975.